The highest BCUT2D eigenvalue weighted by molar-refractivity contribution is 5.99. The number of nitrogen functional groups attached to an aromatic ring is 1. The van der Waals surface area contributed by atoms with Gasteiger partial charge in [0.25, 0.3) is 5.91 Å². The summed E-state index contributed by atoms with van der Waals surface area (Å²) in [7, 11) is 0. The molecule has 0 spiro atoms. The lowest BCUT2D eigenvalue weighted by Crippen LogP contribution is -2.32. The Bertz CT molecular complexity index is 428. The number of carbonyl (C=O) groups is 1. The fraction of sp³-hybridized carbons (Fsp3) is 0.462. The maximum atomic E-state index is 12.0. The van der Waals surface area contributed by atoms with Crippen molar-refractivity contribution in [2.24, 2.45) is 5.84 Å². The van der Waals surface area contributed by atoms with Gasteiger partial charge in [0.05, 0.1) is 17.4 Å². The van der Waals surface area contributed by atoms with E-state index in [1.165, 1.54) is 0 Å². The maximum Gasteiger partial charge on any atom is 0.253 e. The standard InChI is InChI=1S/C13H19N3O2/c1-9-4-5-11(12(7-9)16-14)13(17)15-8-10-3-2-6-18-10/h4-5,7,10,16H,2-3,6,8,14H2,1H3,(H,15,17). The molecule has 18 heavy (non-hydrogen) atoms. The summed E-state index contributed by atoms with van der Waals surface area (Å²) >= 11 is 0. The van der Waals surface area contributed by atoms with E-state index in [-0.39, 0.29) is 12.0 Å². The first-order chi connectivity index (χ1) is 8.70. The van der Waals surface area contributed by atoms with Crippen LogP contribution in [0.2, 0.25) is 0 Å². The number of rotatable bonds is 4. The van der Waals surface area contributed by atoms with Crippen LogP contribution in [0, 0.1) is 6.92 Å². The van der Waals surface area contributed by atoms with Crippen LogP contribution in [-0.2, 0) is 4.74 Å². The van der Waals surface area contributed by atoms with E-state index < -0.39 is 0 Å². The number of ether oxygens (including phenoxy) is 1. The SMILES string of the molecule is Cc1ccc(C(=O)NCC2CCCO2)c(NN)c1. The van der Waals surface area contributed by atoms with Gasteiger partial charge in [-0.2, -0.15) is 0 Å². The number of hydrogen-bond acceptors (Lipinski definition) is 4. The highest BCUT2D eigenvalue weighted by Gasteiger charge is 2.17. The predicted molar refractivity (Wildman–Crippen MR) is 70.3 cm³/mol. The lowest BCUT2D eigenvalue weighted by atomic mass is 10.1. The minimum atomic E-state index is -0.126. The zero-order valence-corrected chi connectivity index (χ0v) is 10.5. The summed E-state index contributed by atoms with van der Waals surface area (Å²) in [6, 6.07) is 5.51. The highest BCUT2D eigenvalue weighted by atomic mass is 16.5. The van der Waals surface area contributed by atoms with E-state index >= 15 is 0 Å². The summed E-state index contributed by atoms with van der Waals surface area (Å²) in [4.78, 5) is 12.0. The Balaban J connectivity index is 1.99. The molecule has 1 heterocycles. The van der Waals surface area contributed by atoms with Gasteiger partial charge in [0.15, 0.2) is 0 Å². The largest absolute Gasteiger partial charge is 0.376 e. The monoisotopic (exact) mass is 249 g/mol. The van der Waals surface area contributed by atoms with Crippen molar-refractivity contribution in [3.05, 3.63) is 29.3 Å². The van der Waals surface area contributed by atoms with Gasteiger partial charge in [-0.3, -0.25) is 10.6 Å². The van der Waals surface area contributed by atoms with Crippen LogP contribution >= 0.6 is 0 Å². The van der Waals surface area contributed by atoms with Crippen molar-refractivity contribution >= 4 is 11.6 Å². The molecule has 1 amide bonds. The van der Waals surface area contributed by atoms with Crippen molar-refractivity contribution in [2.75, 3.05) is 18.6 Å². The Morgan fingerprint density at radius 1 is 1.56 bits per heavy atom. The first-order valence-electron chi connectivity index (χ1n) is 6.18. The van der Waals surface area contributed by atoms with Gasteiger partial charge in [0.1, 0.15) is 0 Å². The molecular weight excluding hydrogens is 230 g/mol. The molecule has 2 rings (SSSR count). The second-order valence-electron chi connectivity index (χ2n) is 4.54. The van der Waals surface area contributed by atoms with Gasteiger partial charge < -0.3 is 15.5 Å². The number of aryl methyl sites for hydroxylation is 1. The van der Waals surface area contributed by atoms with Crippen molar-refractivity contribution in [2.45, 2.75) is 25.9 Å². The van der Waals surface area contributed by atoms with E-state index in [9.17, 15) is 4.79 Å². The first-order valence-corrected chi connectivity index (χ1v) is 6.18. The summed E-state index contributed by atoms with van der Waals surface area (Å²) in [5, 5.41) is 2.88. The topological polar surface area (TPSA) is 76.4 Å². The van der Waals surface area contributed by atoms with Gasteiger partial charge in [-0.1, -0.05) is 6.07 Å². The van der Waals surface area contributed by atoms with Crippen molar-refractivity contribution in [1.29, 1.82) is 0 Å². The molecule has 0 aliphatic carbocycles. The zero-order valence-electron chi connectivity index (χ0n) is 10.5. The third kappa shape index (κ3) is 3.00. The summed E-state index contributed by atoms with van der Waals surface area (Å²) in [6.07, 6.45) is 2.23. The van der Waals surface area contributed by atoms with Crippen molar-refractivity contribution in [3.8, 4) is 0 Å². The molecular formula is C13H19N3O2. The van der Waals surface area contributed by atoms with E-state index in [2.05, 4.69) is 10.7 Å². The Hall–Kier alpha value is -1.59. The minimum Gasteiger partial charge on any atom is -0.376 e. The summed E-state index contributed by atoms with van der Waals surface area (Å²) in [5.74, 6) is 5.29. The lowest BCUT2D eigenvalue weighted by molar-refractivity contribution is 0.0858. The Morgan fingerprint density at radius 2 is 2.39 bits per heavy atom. The van der Waals surface area contributed by atoms with E-state index in [0.29, 0.717) is 17.8 Å². The van der Waals surface area contributed by atoms with Gasteiger partial charge in [-0.15, -0.1) is 0 Å². The number of benzene rings is 1. The molecule has 4 N–H and O–H groups in total. The summed E-state index contributed by atoms with van der Waals surface area (Å²) in [6.45, 7) is 3.30. The van der Waals surface area contributed by atoms with Crippen LogP contribution in [0.4, 0.5) is 5.69 Å². The van der Waals surface area contributed by atoms with Crippen LogP contribution in [0.15, 0.2) is 18.2 Å². The lowest BCUT2D eigenvalue weighted by Gasteiger charge is -2.13. The molecule has 1 aromatic rings. The first kappa shape index (κ1) is 12.9. The van der Waals surface area contributed by atoms with E-state index in [0.717, 1.165) is 25.0 Å². The number of nitrogens with one attached hydrogen (secondary N) is 2. The van der Waals surface area contributed by atoms with Crippen molar-refractivity contribution in [1.82, 2.24) is 5.32 Å². The number of carbonyl (C=O) groups excluding carboxylic acids is 1. The van der Waals surface area contributed by atoms with Gasteiger partial charge in [-0.05, 0) is 37.5 Å². The van der Waals surface area contributed by atoms with Crippen LogP contribution < -0.4 is 16.6 Å². The second kappa shape index (κ2) is 5.84. The molecule has 1 saturated heterocycles. The van der Waals surface area contributed by atoms with Crippen molar-refractivity contribution < 1.29 is 9.53 Å². The molecule has 1 aliphatic rings. The Kier molecular flexibility index (Phi) is 4.17. The fourth-order valence-corrected chi connectivity index (χ4v) is 2.08. The van der Waals surface area contributed by atoms with Crippen molar-refractivity contribution in [3.63, 3.8) is 0 Å². The molecule has 98 valence electrons. The molecule has 1 aliphatic heterocycles. The van der Waals surface area contributed by atoms with Crippen LogP contribution in [0.25, 0.3) is 0 Å². The maximum absolute atomic E-state index is 12.0. The summed E-state index contributed by atoms with van der Waals surface area (Å²) < 4.78 is 5.46. The molecule has 1 fully saturated rings. The average molecular weight is 249 g/mol. The molecule has 1 atom stereocenters. The smallest absolute Gasteiger partial charge is 0.253 e. The number of nitrogens with two attached hydrogens (primary N) is 1. The number of amides is 1. The van der Waals surface area contributed by atoms with Crippen LogP contribution in [0.1, 0.15) is 28.8 Å². The highest BCUT2D eigenvalue weighted by Crippen LogP contribution is 2.17. The molecule has 0 saturated carbocycles. The number of hydrogen-bond donors (Lipinski definition) is 3. The molecule has 1 aromatic carbocycles. The fourth-order valence-electron chi connectivity index (χ4n) is 2.08. The van der Waals surface area contributed by atoms with Gasteiger partial charge in [0, 0.05) is 13.2 Å². The minimum absolute atomic E-state index is 0.126. The van der Waals surface area contributed by atoms with Gasteiger partial charge >= 0.3 is 0 Å². The average Bonchev–Trinajstić information content (AvgIpc) is 2.88. The van der Waals surface area contributed by atoms with Crippen LogP contribution in [-0.4, -0.2) is 25.2 Å². The van der Waals surface area contributed by atoms with E-state index in [4.69, 9.17) is 10.6 Å². The van der Waals surface area contributed by atoms with E-state index in [1.807, 2.05) is 19.1 Å². The molecule has 0 bridgehead atoms. The molecule has 5 nitrogen and oxygen atoms in total. The quantitative estimate of drug-likeness (QED) is 0.553. The third-order valence-corrected chi connectivity index (χ3v) is 3.09. The number of hydrazine groups is 1. The van der Waals surface area contributed by atoms with Crippen LogP contribution in [0.5, 0.6) is 0 Å². The molecule has 0 radical (unpaired) electrons. The number of anilines is 1. The zero-order chi connectivity index (χ0) is 13.0. The van der Waals surface area contributed by atoms with Crippen LogP contribution in [0.3, 0.4) is 0 Å². The third-order valence-electron chi connectivity index (χ3n) is 3.09. The Morgan fingerprint density at radius 3 is 3.06 bits per heavy atom. The summed E-state index contributed by atoms with van der Waals surface area (Å²) in [5.41, 5.74) is 4.80. The normalized spacial score (nSPS) is 18.7. The molecule has 5 heteroatoms. The second-order valence-corrected chi connectivity index (χ2v) is 4.54. The van der Waals surface area contributed by atoms with Gasteiger partial charge in [0.2, 0.25) is 0 Å². The predicted octanol–water partition coefficient (Wildman–Crippen LogP) is 1.19. The van der Waals surface area contributed by atoms with E-state index in [1.54, 1.807) is 6.07 Å². The molecule has 0 aromatic heterocycles. The molecule has 1 unspecified atom stereocenters. The van der Waals surface area contributed by atoms with Gasteiger partial charge in [-0.25, -0.2) is 0 Å². The Labute approximate surface area is 107 Å².